The Kier molecular flexibility index (Phi) is 47.9. The lowest BCUT2D eigenvalue weighted by molar-refractivity contribution is -0.167. The number of rotatable bonds is 46. The molecule has 0 radical (unpaired) electrons. The molecule has 0 rings (SSSR count). The first-order valence-electron chi connectivity index (χ1n) is 26.0. The molecule has 1 unspecified atom stereocenters. The Morgan fingerprint density at radius 3 is 0.968 bits per heavy atom. The normalized spacial score (nSPS) is 12.6. The van der Waals surface area contributed by atoms with Gasteiger partial charge in [0.25, 0.3) is 0 Å². The maximum Gasteiger partial charge on any atom is 0.306 e. The first-order valence-corrected chi connectivity index (χ1v) is 26.0. The molecule has 62 heavy (non-hydrogen) atoms. The Labute approximate surface area is 382 Å². The van der Waals surface area contributed by atoms with Crippen molar-refractivity contribution in [1.82, 2.24) is 0 Å². The number of hydrogen-bond donors (Lipinski definition) is 0. The lowest BCUT2D eigenvalue weighted by Crippen LogP contribution is -2.30. The van der Waals surface area contributed by atoms with Gasteiger partial charge in [-0.15, -0.1) is 0 Å². The zero-order chi connectivity index (χ0) is 45.1. The molecule has 356 valence electrons. The van der Waals surface area contributed by atoms with Crippen molar-refractivity contribution in [2.24, 2.45) is 0 Å². The van der Waals surface area contributed by atoms with Gasteiger partial charge in [0.15, 0.2) is 6.10 Å². The quantitative estimate of drug-likeness (QED) is 0.0262. The minimum absolute atomic E-state index is 0.0855. The van der Waals surface area contributed by atoms with Crippen molar-refractivity contribution < 1.29 is 28.6 Å². The van der Waals surface area contributed by atoms with Gasteiger partial charge in [-0.2, -0.15) is 0 Å². The van der Waals surface area contributed by atoms with Crippen molar-refractivity contribution in [3.63, 3.8) is 0 Å². The fourth-order valence-electron chi connectivity index (χ4n) is 7.21. The van der Waals surface area contributed by atoms with Crippen molar-refractivity contribution >= 4 is 17.9 Å². The van der Waals surface area contributed by atoms with Crippen LogP contribution in [0, 0.1) is 0 Å². The van der Waals surface area contributed by atoms with Crippen LogP contribution in [0.5, 0.6) is 0 Å². The lowest BCUT2D eigenvalue weighted by Gasteiger charge is -2.18. The van der Waals surface area contributed by atoms with Crippen LogP contribution in [0.2, 0.25) is 0 Å². The minimum Gasteiger partial charge on any atom is -0.462 e. The number of carbonyl (C=O) groups excluding carboxylic acids is 3. The van der Waals surface area contributed by atoms with Gasteiger partial charge in [-0.3, -0.25) is 14.4 Å². The van der Waals surface area contributed by atoms with Crippen LogP contribution in [0.3, 0.4) is 0 Å². The van der Waals surface area contributed by atoms with Crippen molar-refractivity contribution in [2.75, 3.05) is 13.2 Å². The second-order valence-corrected chi connectivity index (χ2v) is 17.2. The number of esters is 3. The summed E-state index contributed by atoms with van der Waals surface area (Å²) in [4.78, 5) is 38.0. The van der Waals surface area contributed by atoms with E-state index in [1.807, 2.05) is 0 Å². The van der Waals surface area contributed by atoms with E-state index in [0.717, 1.165) is 96.3 Å². The third-order valence-corrected chi connectivity index (χ3v) is 11.1. The molecule has 0 saturated heterocycles. The van der Waals surface area contributed by atoms with Gasteiger partial charge in [-0.05, 0) is 57.8 Å². The Morgan fingerprint density at radius 2 is 0.629 bits per heavy atom. The van der Waals surface area contributed by atoms with E-state index < -0.39 is 6.10 Å². The molecule has 0 aromatic rings. The maximum atomic E-state index is 12.8. The van der Waals surface area contributed by atoms with E-state index in [0.29, 0.717) is 19.3 Å². The molecule has 6 heteroatoms. The molecule has 0 aromatic carbocycles. The lowest BCUT2D eigenvalue weighted by atomic mass is 10.0. The van der Waals surface area contributed by atoms with Crippen molar-refractivity contribution in [2.45, 2.75) is 252 Å². The average Bonchev–Trinajstić information content (AvgIpc) is 3.27. The highest BCUT2D eigenvalue weighted by Crippen LogP contribution is 2.16. The van der Waals surface area contributed by atoms with E-state index in [1.54, 1.807) is 0 Å². The van der Waals surface area contributed by atoms with Gasteiger partial charge in [0.1, 0.15) is 13.2 Å². The summed E-state index contributed by atoms with van der Waals surface area (Å²) in [5, 5.41) is 0. The maximum absolute atomic E-state index is 12.8. The summed E-state index contributed by atoms with van der Waals surface area (Å²) in [5.41, 5.74) is 0. The van der Waals surface area contributed by atoms with Gasteiger partial charge in [-0.25, -0.2) is 0 Å². The molecule has 6 nitrogen and oxygen atoms in total. The molecule has 0 aromatic heterocycles. The largest absolute Gasteiger partial charge is 0.462 e. The number of allylic oxidation sites excluding steroid dienone is 12. The monoisotopic (exact) mass is 865 g/mol. The van der Waals surface area contributed by atoms with Crippen LogP contribution in [0.1, 0.15) is 245 Å². The number of unbranched alkanes of at least 4 members (excludes halogenated alkanes) is 27. The second kappa shape index (κ2) is 50.5. The highest BCUT2D eigenvalue weighted by Gasteiger charge is 2.19. The highest BCUT2D eigenvalue weighted by molar-refractivity contribution is 5.71. The first kappa shape index (κ1) is 58.9. The molecular weight excluding hydrogens is 769 g/mol. The fourth-order valence-corrected chi connectivity index (χ4v) is 7.21. The van der Waals surface area contributed by atoms with Crippen LogP contribution < -0.4 is 0 Å². The van der Waals surface area contributed by atoms with Crippen LogP contribution >= 0.6 is 0 Å². The van der Waals surface area contributed by atoms with Crippen molar-refractivity contribution in [3.8, 4) is 0 Å². The molecule has 0 aliphatic carbocycles. The Morgan fingerprint density at radius 1 is 0.339 bits per heavy atom. The standard InChI is InChI=1S/C56H96O6/c1-4-7-10-13-16-19-22-25-27-29-31-34-37-40-43-46-49-55(58)61-52-53(51-60-54(57)48-45-42-39-36-33-30-24-21-18-15-12-9-6-3)62-56(59)50-47-44-41-38-35-32-28-26-23-20-17-14-11-8-5-2/h8-9,11-12,14-15,17-18,20-21,23-24,53H,4-7,10,13,16,19,22,25-52H2,1-3H3/b11-8-,12-9-,17-14-,18-15-,23-20-,24-21-. The van der Waals surface area contributed by atoms with E-state index >= 15 is 0 Å². The number of hydrogen-bond acceptors (Lipinski definition) is 6. The average molecular weight is 865 g/mol. The van der Waals surface area contributed by atoms with E-state index in [-0.39, 0.29) is 31.1 Å². The van der Waals surface area contributed by atoms with E-state index in [1.165, 1.54) is 109 Å². The molecule has 0 saturated carbocycles. The Hall–Kier alpha value is -3.15. The number of ether oxygens (including phenoxy) is 3. The molecule has 0 heterocycles. The van der Waals surface area contributed by atoms with Crippen LogP contribution in [-0.2, 0) is 28.6 Å². The zero-order valence-electron chi connectivity index (χ0n) is 40.6. The van der Waals surface area contributed by atoms with Crippen LogP contribution in [0.15, 0.2) is 72.9 Å². The van der Waals surface area contributed by atoms with Gasteiger partial charge in [0.05, 0.1) is 0 Å². The minimum atomic E-state index is -0.788. The van der Waals surface area contributed by atoms with Crippen LogP contribution in [-0.4, -0.2) is 37.2 Å². The van der Waals surface area contributed by atoms with E-state index in [4.69, 9.17) is 14.2 Å². The summed E-state index contributed by atoms with van der Waals surface area (Å²) in [6.45, 7) is 6.36. The third kappa shape index (κ3) is 47.9. The number of carbonyl (C=O) groups is 3. The predicted molar refractivity (Wildman–Crippen MR) is 265 cm³/mol. The summed E-state index contributed by atoms with van der Waals surface area (Å²) < 4.78 is 16.8. The Balaban J connectivity index is 4.40. The van der Waals surface area contributed by atoms with Crippen molar-refractivity contribution in [3.05, 3.63) is 72.9 Å². The van der Waals surface area contributed by atoms with Crippen molar-refractivity contribution in [1.29, 1.82) is 0 Å². The molecule has 0 amide bonds. The van der Waals surface area contributed by atoms with Gasteiger partial charge in [0, 0.05) is 19.3 Å². The van der Waals surface area contributed by atoms with E-state index in [2.05, 4.69) is 93.7 Å². The topological polar surface area (TPSA) is 78.9 Å². The Bertz CT molecular complexity index is 1180. The van der Waals surface area contributed by atoms with Gasteiger partial charge in [-0.1, -0.05) is 241 Å². The molecular formula is C56H96O6. The smallest absolute Gasteiger partial charge is 0.306 e. The second-order valence-electron chi connectivity index (χ2n) is 17.2. The molecule has 0 fully saturated rings. The summed E-state index contributed by atoms with van der Waals surface area (Å²) in [7, 11) is 0. The summed E-state index contributed by atoms with van der Waals surface area (Å²) in [5.74, 6) is -0.915. The third-order valence-electron chi connectivity index (χ3n) is 11.1. The SMILES string of the molecule is CC\C=C/C=C\C=C/CCCCCCCCCC(=O)OC(COC(=O)CCCCCCC\C=C/C=C\C=C/CC)COC(=O)CCCCCCCCCCCCCCCCCC. The molecule has 0 spiro atoms. The molecule has 0 N–H and O–H groups in total. The van der Waals surface area contributed by atoms with Gasteiger partial charge >= 0.3 is 17.9 Å². The molecule has 1 atom stereocenters. The predicted octanol–water partition coefficient (Wildman–Crippen LogP) is 17.0. The zero-order valence-corrected chi connectivity index (χ0v) is 40.6. The fraction of sp³-hybridized carbons (Fsp3) is 0.732. The molecule has 0 bridgehead atoms. The molecule has 0 aliphatic rings. The van der Waals surface area contributed by atoms with Crippen LogP contribution in [0.25, 0.3) is 0 Å². The van der Waals surface area contributed by atoms with Gasteiger partial charge in [0.2, 0.25) is 0 Å². The highest BCUT2D eigenvalue weighted by atomic mass is 16.6. The van der Waals surface area contributed by atoms with E-state index in [9.17, 15) is 14.4 Å². The summed E-state index contributed by atoms with van der Waals surface area (Å²) >= 11 is 0. The first-order chi connectivity index (χ1) is 30.5. The van der Waals surface area contributed by atoms with Crippen LogP contribution in [0.4, 0.5) is 0 Å². The van der Waals surface area contributed by atoms with Gasteiger partial charge < -0.3 is 14.2 Å². The summed E-state index contributed by atoms with van der Waals surface area (Å²) in [6.07, 6.45) is 63.1. The molecule has 0 aliphatic heterocycles. The summed E-state index contributed by atoms with van der Waals surface area (Å²) in [6, 6.07) is 0.